The number of nitrogens with zero attached hydrogens (tertiary/aromatic N) is 1. The minimum atomic E-state index is -0.456. The van der Waals surface area contributed by atoms with Gasteiger partial charge in [-0.1, -0.05) is 54.5 Å². The molecule has 1 heterocycles. The summed E-state index contributed by atoms with van der Waals surface area (Å²) < 4.78 is 5.48. The van der Waals surface area contributed by atoms with Crippen LogP contribution < -0.4 is 5.32 Å². The van der Waals surface area contributed by atoms with E-state index in [2.05, 4.69) is 46.4 Å². The van der Waals surface area contributed by atoms with Crippen molar-refractivity contribution in [2.45, 2.75) is 19.8 Å². The summed E-state index contributed by atoms with van der Waals surface area (Å²) in [7, 11) is 0. The van der Waals surface area contributed by atoms with Crippen LogP contribution in [0.5, 0.6) is 0 Å². The highest BCUT2D eigenvalue weighted by molar-refractivity contribution is 7.12. The Bertz CT molecular complexity index is 1030. The van der Waals surface area contributed by atoms with Gasteiger partial charge in [0.1, 0.15) is 6.61 Å². The van der Waals surface area contributed by atoms with Gasteiger partial charge in [-0.3, -0.25) is 0 Å². The van der Waals surface area contributed by atoms with Crippen molar-refractivity contribution in [2.75, 3.05) is 13.2 Å². The summed E-state index contributed by atoms with van der Waals surface area (Å²) in [6.45, 7) is 4.52. The molecule has 4 nitrogen and oxygen atoms in total. The lowest BCUT2D eigenvalue weighted by Crippen LogP contribution is -2.26. The zero-order valence-electron chi connectivity index (χ0n) is 15.8. The Morgan fingerprint density at radius 3 is 2.36 bits per heavy atom. The first-order chi connectivity index (χ1) is 13.6. The highest BCUT2D eigenvalue weighted by Gasteiger charge is 2.28. The van der Waals surface area contributed by atoms with Crippen molar-refractivity contribution in [1.29, 1.82) is 0 Å². The number of aryl methyl sites for hydroxylation is 2. The summed E-state index contributed by atoms with van der Waals surface area (Å²) in [6.07, 6.45) is -0.456. The predicted molar refractivity (Wildman–Crippen MR) is 112 cm³/mol. The van der Waals surface area contributed by atoms with Crippen molar-refractivity contribution in [1.82, 2.24) is 10.3 Å². The molecule has 0 fully saturated rings. The van der Waals surface area contributed by atoms with E-state index in [1.807, 2.05) is 38.1 Å². The van der Waals surface area contributed by atoms with Gasteiger partial charge in [-0.15, -0.1) is 11.3 Å². The van der Waals surface area contributed by atoms with Crippen LogP contribution in [-0.2, 0) is 4.74 Å². The van der Waals surface area contributed by atoms with Crippen LogP contribution in [0.3, 0.4) is 0 Å². The average molecular weight is 388 g/mol. The van der Waals surface area contributed by atoms with E-state index < -0.39 is 6.09 Å². The van der Waals surface area contributed by atoms with Crippen LogP contribution in [-0.4, -0.2) is 24.2 Å². The summed E-state index contributed by atoms with van der Waals surface area (Å²) >= 11 is 1.56. The Morgan fingerprint density at radius 2 is 1.75 bits per heavy atom. The van der Waals surface area contributed by atoms with E-state index in [0.717, 1.165) is 15.6 Å². The molecule has 4 rings (SSSR count). The van der Waals surface area contributed by atoms with Gasteiger partial charge >= 0.3 is 6.09 Å². The van der Waals surface area contributed by atoms with Gasteiger partial charge < -0.3 is 10.1 Å². The molecule has 1 aliphatic carbocycles. The third kappa shape index (κ3) is 3.64. The molecule has 0 saturated heterocycles. The van der Waals surface area contributed by atoms with Crippen molar-refractivity contribution in [3.05, 3.63) is 75.2 Å². The Labute approximate surface area is 168 Å². The van der Waals surface area contributed by atoms with Gasteiger partial charge in [0, 0.05) is 10.8 Å². The second kappa shape index (κ2) is 7.87. The van der Waals surface area contributed by atoms with Crippen molar-refractivity contribution in [3.8, 4) is 23.0 Å². The maximum atomic E-state index is 12.1. The van der Waals surface area contributed by atoms with Crippen molar-refractivity contribution < 1.29 is 9.53 Å². The number of hydrogen-bond donors (Lipinski definition) is 1. The lowest BCUT2D eigenvalue weighted by molar-refractivity contribution is 0.144. The van der Waals surface area contributed by atoms with Crippen LogP contribution >= 0.6 is 11.3 Å². The Hall–Kier alpha value is -3.10. The molecule has 5 heteroatoms. The maximum Gasteiger partial charge on any atom is 0.407 e. The van der Waals surface area contributed by atoms with E-state index in [-0.39, 0.29) is 12.5 Å². The zero-order valence-corrected chi connectivity index (χ0v) is 16.6. The van der Waals surface area contributed by atoms with E-state index in [1.165, 1.54) is 22.3 Å². The van der Waals surface area contributed by atoms with E-state index in [9.17, 15) is 4.79 Å². The van der Waals surface area contributed by atoms with Crippen LogP contribution in [0.2, 0.25) is 0 Å². The molecule has 28 heavy (non-hydrogen) atoms. The fourth-order valence-electron chi connectivity index (χ4n) is 3.41. The van der Waals surface area contributed by atoms with Crippen molar-refractivity contribution in [3.63, 3.8) is 0 Å². The molecule has 0 saturated carbocycles. The summed E-state index contributed by atoms with van der Waals surface area (Å²) in [5, 5.41) is 3.46. The molecule has 3 aromatic rings. The van der Waals surface area contributed by atoms with Crippen molar-refractivity contribution >= 4 is 17.4 Å². The zero-order chi connectivity index (χ0) is 19.5. The van der Waals surface area contributed by atoms with Crippen LogP contribution in [0, 0.1) is 25.7 Å². The monoisotopic (exact) mass is 388 g/mol. The van der Waals surface area contributed by atoms with Gasteiger partial charge in [0.15, 0.2) is 5.01 Å². The fourth-order valence-corrected chi connectivity index (χ4v) is 4.20. The third-order valence-electron chi connectivity index (χ3n) is 4.89. The molecule has 0 aliphatic heterocycles. The highest BCUT2D eigenvalue weighted by atomic mass is 32.1. The van der Waals surface area contributed by atoms with Crippen LogP contribution in [0.4, 0.5) is 4.79 Å². The number of hydrogen-bond acceptors (Lipinski definition) is 4. The molecule has 0 unspecified atom stereocenters. The van der Waals surface area contributed by atoms with Crippen LogP contribution in [0.25, 0.3) is 11.1 Å². The molecule has 1 aliphatic rings. The first-order valence-electron chi connectivity index (χ1n) is 9.15. The number of rotatable bonds is 3. The van der Waals surface area contributed by atoms with Gasteiger partial charge in [-0.05, 0) is 42.0 Å². The summed E-state index contributed by atoms with van der Waals surface area (Å²) in [5.41, 5.74) is 5.83. The summed E-state index contributed by atoms with van der Waals surface area (Å²) in [4.78, 5) is 17.6. The first-order valence-corrected chi connectivity index (χ1v) is 9.97. The number of amides is 1. The Morgan fingerprint density at radius 1 is 1.11 bits per heavy atom. The standard InChI is InChI=1S/C23H20N2O2S/c1-15-16(2)28-22(25-15)12-7-13-24-23(26)27-14-21-19-10-5-3-8-17(19)18-9-4-6-11-20(18)21/h3-6,8-11,21H,13-14H2,1-2H3,(H,24,26). The molecular weight excluding hydrogens is 368 g/mol. The number of nitrogens with one attached hydrogen (secondary N) is 1. The summed E-state index contributed by atoms with van der Waals surface area (Å²) in [6, 6.07) is 16.6. The SMILES string of the molecule is Cc1nc(C#CCNC(=O)OCC2c3ccccc3-c3ccccc32)sc1C. The number of aromatic nitrogens is 1. The van der Waals surface area contributed by atoms with E-state index in [4.69, 9.17) is 4.74 Å². The number of benzene rings is 2. The average Bonchev–Trinajstić information content (AvgIpc) is 3.20. The number of ether oxygens (including phenoxy) is 1. The number of alkyl carbamates (subject to hydrolysis) is 1. The van der Waals surface area contributed by atoms with E-state index in [1.54, 1.807) is 11.3 Å². The van der Waals surface area contributed by atoms with Gasteiger partial charge in [0.25, 0.3) is 0 Å². The molecule has 1 N–H and O–H groups in total. The third-order valence-corrected chi connectivity index (χ3v) is 5.88. The molecule has 0 atom stereocenters. The quantitative estimate of drug-likeness (QED) is 0.665. The minimum absolute atomic E-state index is 0.0607. The maximum absolute atomic E-state index is 12.1. The van der Waals surface area contributed by atoms with Gasteiger partial charge in [-0.2, -0.15) is 0 Å². The van der Waals surface area contributed by atoms with Crippen LogP contribution in [0.15, 0.2) is 48.5 Å². The molecule has 1 aromatic heterocycles. The van der Waals surface area contributed by atoms with Gasteiger partial charge in [-0.25, -0.2) is 9.78 Å². The Balaban J connectivity index is 1.35. The van der Waals surface area contributed by atoms with E-state index >= 15 is 0 Å². The number of carbonyl (C=O) groups is 1. The smallest absolute Gasteiger partial charge is 0.407 e. The second-order valence-electron chi connectivity index (χ2n) is 6.64. The molecule has 140 valence electrons. The fraction of sp³-hybridized carbons (Fsp3) is 0.217. The lowest BCUT2D eigenvalue weighted by atomic mass is 9.98. The largest absolute Gasteiger partial charge is 0.449 e. The molecular formula is C23H20N2O2S. The molecule has 2 aromatic carbocycles. The molecule has 0 spiro atoms. The normalized spacial score (nSPS) is 11.9. The first kappa shape index (κ1) is 18.3. The van der Waals surface area contributed by atoms with Gasteiger partial charge in [0.2, 0.25) is 0 Å². The highest BCUT2D eigenvalue weighted by Crippen LogP contribution is 2.44. The van der Waals surface area contributed by atoms with E-state index in [0.29, 0.717) is 6.61 Å². The molecule has 1 amide bonds. The van der Waals surface area contributed by atoms with Crippen LogP contribution in [0.1, 0.15) is 32.6 Å². The molecule has 0 bridgehead atoms. The predicted octanol–water partition coefficient (Wildman–Crippen LogP) is 4.65. The summed E-state index contributed by atoms with van der Waals surface area (Å²) in [5.74, 6) is 5.95. The minimum Gasteiger partial charge on any atom is -0.449 e. The molecule has 0 radical (unpaired) electrons. The second-order valence-corrected chi connectivity index (χ2v) is 7.84. The Kier molecular flexibility index (Phi) is 5.14. The number of carbonyl (C=O) groups excluding carboxylic acids is 1. The number of fused-ring (bicyclic) bond motifs is 3. The van der Waals surface area contributed by atoms with Gasteiger partial charge in [0.05, 0.1) is 12.2 Å². The number of thiazole rings is 1. The van der Waals surface area contributed by atoms with Crippen molar-refractivity contribution in [2.24, 2.45) is 0 Å². The topological polar surface area (TPSA) is 51.2 Å². The lowest BCUT2D eigenvalue weighted by Gasteiger charge is -2.14.